The van der Waals surface area contributed by atoms with E-state index >= 15 is 0 Å². The highest BCUT2D eigenvalue weighted by Gasteiger charge is 2.35. The topological polar surface area (TPSA) is 55.4 Å². The molecule has 1 fully saturated rings. The van der Waals surface area contributed by atoms with Crippen molar-refractivity contribution in [3.63, 3.8) is 0 Å². The lowest BCUT2D eigenvalue weighted by molar-refractivity contribution is -0.151. The van der Waals surface area contributed by atoms with Gasteiger partial charge in [-0.3, -0.25) is 9.59 Å². The molecular weight excluding hydrogens is 337 g/mol. The SMILES string of the molecule is COC(=O)[C@@H](C(=O)Nc1ccc(Cl)c(Cl)c1)C1CCCCCC1. The lowest BCUT2D eigenvalue weighted by atomic mass is 9.85. The van der Waals surface area contributed by atoms with E-state index in [1.807, 2.05) is 0 Å². The number of rotatable bonds is 4. The van der Waals surface area contributed by atoms with Crippen molar-refractivity contribution in [1.82, 2.24) is 0 Å². The summed E-state index contributed by atoms with van der Waals surface area (Å²) in [5.74, 6) is -1.59. The van der Waals surface area contributed by atoms with Gasteiger partial charge in [-0.25, -0.2) is 0 Å². The molecule has 126 valence electrons. The Bertz CT molecular complexity index is 569. The summed E-state index contributed by atoms with van der Waals surface area (Å²) >= 11 is 11.8. The molecule has 0 bridgehead atoms. The van der Waals surface area contributed by atoms with Crippen LogP contribution in [0.1, 0.15) is 38.5 Å². The van der Waals surface area contributed by atoms with E-state index in [-0.39, 0.29) is 11.8 Å². The fourth-order valence-electron chi connectivity index (χ4n) is 3.08. The van der Waals surface area contributed by atoms with Crippen molar-refractivity contribution >= 4 is 40.8 Å². The lowest BCUT2D eigenvalue weighted by Crippen LogP contribution is -2.36. The van der Waals surface area contributed by atoms with E-state index in [1.165, 1.54) is 7.11 Å². The first-order valence-electron chi connectivity index (χ1n) is 7.86. The van der Waals surface area contributed by atoms with Gasteiger partial charge in [0, 0.05) is 5.69 Å². The molecule has 0 heterocycles. The molecule has 23 heavy (non-hydrogen) atoms. The average molecular weight is 358 g/mol. The summed E-state index contributed by atoms with van der Waals surface area (Å²) < 4.78 is 4.86. The number of benzene rings is 1. The first-order chi connectivity index (χ1) is 11.0. The standard InChI is InChI=1S/C17H21Cl2NO3/c1-23-17(22)15(11-6-4-2-3-5-7-11)16(21)20-12-8-9-13(18)14(19)10-12/h8-11,15H,2-7H2,1H3,(H,20,21)/t15-/m1/s1. The van der Waals surface area contributed by atoms with Gasteiger partial charge in [-0.1, -0.05) is 48.9 Å². The van der Waals surface area contributed by atoms with E-state index < -0.39 is 11.9 Å². The minimum absolute atomic E-state index is 0.0210. The van der Waals surface area contributed by atoms with Crippen molar-refractivity contribution in [2.45, 2.75) is 38.5 Å². The molecule has 1 aromatic rings. The molecule has 0 aromatic heterocycles. The van der Waals surface area contributed by atoms with Crippen LogP contribution in [0.4, 0.5) is 5.69 Å². The number of hydrogen-bond donors (Lipinski definition) is 1. The molecule has 4 nitrogen and oxygen atoms in total. The number of amides is 1. The first kappa shape index (κ1) is 18.1. The first-order valence-corrected chi connectivity index (χ1v) is 8.62. The summed E-state index contributed by atoms with van der Waals surface area (Å²) in [5.41, 5.74) is 0.520. The number of ether oxygens (including phenoxy) is 1. The van der Waals surface area contributed by atoms with Crippen LogP contribution in [-0.4, -0.2) is 19.0 Å². The second-order valence-corrected chi connectivity index (χ2v) is 6.69. The molecule has 6 heteroatoms. The number of anilines is 1. The summed E-state index contributed by atoms with van der Waals surface area (Å²) in [6.45, 7) is 0. The van der Waals surface area contributed by atoms with Crippen molar-refractivity contribution in [3.8, 4) is 0 Å². The van der Waals surface area contributed by atoms with Gasteiger partial charge < -0.3 is 10.1 Å². The highest BCUT2D eigenvalue weighted by molar-refractivity contribution is 6.42. The van der Waals surface area contributed by atoms with E-state index in [4.69, 9.17) is 27.9 Å². The molecule has 1 atom stereocenters. The summed E-state index contributed by atoms with van der Waals surface area (Å²) in [4.78, 5) is 24.8. The van der Waals surface area contributed by atoms with Gasteiger partial charge in [-0.2, -0.15) is 0 Å². The van der Waals surface area contributed by atoms with Gasteiger partial charge in [-0.15, -0.1) is 0 Å². The third kappa shape index (κ3) is 4.85. The van der Waals surface area contributed by atoms with Crippen LogP contribution >= 0.6 is 23.2 Å². The monoisotopic (exact) mass is 357 g/mol. The Morgan fingerprint density at radius 1 is 1.13 bits per heavy atom. The van der Waals surface area contributed by atoms with Crippen molar-refractivity contribution in [2.24, 2.45) is 11.8 Å². The minimum atomic E-state index is -0.785. The molecule has 0 unspecified atom stereocenters. The Balaban J connectivity index is 2.15. The molecule has 0 aliphatic heterocycles. The summed E-state index contributed by atoms with van der Waals surface area (Å²) in [6.07, 6.45) is 6.12. The van der Waals surface area contributed by atoms with Crippen LogP contribution in [0.2, 0.25) is 10.0 Å². The quantitative estimate of drug-likeness (QED) is 0.483. The van der Waals surface area contributed by atoms with E-state index in [9.17, 15) is 9.59 Å². The smallest absolute Gasteiger partial charge is 0.318 e. The maximum absolute atomic E-state index is 12.6. The highest BCUT2D eigenvalue weighted by Crippen LogP contribution is 2.31. The Kier molecular flexibility index (Phi) is 6.72. The maximum atomic E-state index is 12.6. The molecule has 1 aliphatic carbocycles. The van der Waals surface area contributed by atoms with Crippen LogP contribution in [0.5, 0.6) is 0 Å². The maximum Gasteiger partial charge on any atom is 0.318 e. The van der Waals surface area contributed by atoms with Crippen molar-refractivity contribution < 1.29 is 14.3 Å². The lowest BCUT2D eigenvalue weighted by Gasteiger charge is -2.23. The minimum Gasteiger partial charge on any atom is -0.468 e. The predicted molar refractivity (Wildman–Crippen MR) is 91.8 cm³/mol. The Hall–Kier alpha value is -1.26. The van der Waals surface area contributed by atoms with Gasteiger partial charge in [0.2, 0.25) is 5.91 Å². The molecular formula is C17H21Cl2NO3. The van der Waals surface area contributed by atoms with Gasteiger partial charge in [0.1, 0.15) is 5.92 Å². The highest BCUT2D eigenvalue weighted by atomic mass is 35.5. The van der Waals surface area contributed by atoms with Gasteiger partial charge in [0.25, 0.3) is 0 Å². The van der Waals surface area contributed by atoms with E-state index in [1.54, 1.807) is 18.2 Å². The number of hydrogen-bond acceptors (Lipinski definition) is 3. The van der Waals surface area contributed by atoms with Gasteiger partial charge in [-0.05, 0) is 37.0 Å². The Morgan fingerprint density at radius 3 is 2.35 bits per heavy atom. The van der Waals surface area contributed by atoms with E-state index in [2.05, 4.69) is 5.32 Å². The van der Waals surface area contributed by atoms with Crippen LogP contribution < -0.4 is 5.32 Å². The molecule has 1 saturated carbocycles. The summed E-state index contributed by atoms with van der Waals surface area (Å²) in [7, 11) is 1.32. The number of halogens is 2. The third-order valence-corrected chi connectivity index (χ3v) is 5.03. The molecule has 1 amide bonds. The van der Waals surface area contributed by atoms with Crippen LogP contribution in [0.15, 0.2) is 18.2 Å². The van der Waals surface area contributed by atoms with Crippen molar-refractivity contribution in [3.05, 3.63) is 28.2 Å². The zero-order chi connectivity index (χ0) is 16.8. The molecule has 1 aliphatic rings. The number of carbonyl (C=O) groups excluding carboxylic acids is 2. The zero-order valence-corrected chi connectivity index (χ0v) is 14.6. The summed E-state index contributed by atoms with van der Waals surface area (Å²) in [5, 5.41) is 3.53. The average Bonchev–Trinajstić information content (AvgIpc) is 2.80. The largest absolute Gasteiger partial charge is 0.468 e. The van der Waals surface area contributed by atoms with E-state index in [0.29, 0.717) is 15.7 Å². The third-order valence-electron chi connectivity index (χ3n) is 4.30. The second-order valence-electron chi connectivity index (χ2n) is 5.87. The van der Waals surface area contributed by atoms with Gasteiger partial charge in [0.05, 0.1) is 17.2 Å². The predicted octanol–water partition coefficient (Wildman–Crippen LogP) is 4.69. The normalized spacial score (nSPS) is 17.2. The van der Waals surface area contributed by atoms with Crippen molar-refractivity contribution in [2.75, 3.05) is 12.4 Å². The van der Waals surface area contributed by atoms with Crippen LogP contribution in [0.25, 0.3) is 0 Å². The van der Waals surface area contributed by atoms with E-state index in [0.717, 1.165) is 38.5 Å². The molecule has 0 radical (unpaired) electrons. The Morgan fingerprint density at radius 2 is 1.78 bits per heavy atom. The molecule has 0 spiro atoms. The Labute approximate surface area is 146 Å². The molecule has 0 saturated heterocycles. The van der Waals surface area contributed by atoms with Gasteiger partial charge in [0.15, 0.2) is 0 Å². The number of nitrogens with one attached hydrogen (secondary N) is 1. The van der Waals surface area contributed by atoms with Crippen molar-refractivity contribution in [1.29, 1.82) is 0 Å². The fourth-order valence-corrected chi connectivity index (χ4v) is 3.38. The zero-order valence-electron chi connectivity index (χ0n) is 13.1. The summed E-state index contributed by atoms with van der Waals surface area (Å²) in [6, 6.07) is 4.84. The number of esters is 1. The number of methoxy groups -OCH3 is 1. The molecule has 1 aromatic carbocycles. The fraction of sp³-hybridized carbons (Fsp3) is 0.529. The van der Waals surface area contributed by atoms with Crippen LogP contribution in [0, 0.1) is 11.8 Å². The molecule has 1 N–H and O–H groups in total. The molecule has 2 rings (SSSR count). The van der Waals surface area contributed by atoms with Gasteiger partial charge >= 0.3 is 5.97 Å². The second kappa shape index (κ2) is 8.55. The van der Waals surface area contributed by atoms with Crippen LogP contribution in [0.3, 0.4) is 0 Å². The number of carbonyl (C=O) groups is 2. The van der Waals surface area contributed by atoms with Crippen LogP contribution in [-0.2, 0) is 14.3 Å².